The van der Waals surface area contributed by atoms with Crippen LogP contribution in [-0.4, -0.2) is 41.3 Å². The lowest BCUT2D eigenvalue weighted by Crippen LogP contribution is -2.54. The number of rotatable bonds is 3. The number of carbonyl (C=O) groups excluding carboxylic acids is 1. The first kappa shape index (κ1) is 18.0. The fraction of sp³-hybridized carbons (Fsp3) is 0.211. The van der Waals surface area contributed by atoms with E-state index in [4.69, 9.17) is 0 Å². The molecule has 1 atom stereocenters. The molecule has 0 aliphatic carbocycles. The molecule has 9 heteroatoms. The van der Waals surface area contributed by atoms with Crippen LogP contribution in [0.4, 0.5) is 18.0 Å². The molecule has 1 N–H and O–H groups in total. The van der Waals surface area contributed by atoms with Gasteiger partial charge in [0.2, 0.25) is 11.9 Å². The van der Waals surface area contributed by atoms with Gasteiger partial charge in [0.05, 0.1) is 12.6 Å². The van der Waals surface area contributed by atoms with E-state index in [1.165, 1.54) is 11.9 Å². The van der Waals surface area contributed by atoms with Gasteiger partial charge in [-0.05, 0) is 23.3 Å². The SMILES string of the molecule is CN1C(=O)N=C(NCc2ccccc2)N2C1=NCC2c1cc(F)c(F)c(F)c1. The average molecular weight is 387 g/mol. The summed E-state index contributed by atoms with van der Waals surface area (Å²) >= 11 is 0. The van der Waals surface area contributed by atoms with E-state index in [1.807, 2.05) is 30.3 Å². The minimum Gasteiger partial charge on any atom is -0.351 e. The highest BCUT2D eigenvalue weighted by Gasteiger charge is 2.40. The van der Waals surface area contributed by atoms with Gasteiger partial charge in [0.1, 0.15) is 0 Å². The number of benzene rings is 2. The molecule has 2 aromatic rings. The average Bonchev–Trinajstić information content (AvgIpc) is 3.14. The number of nitrogens with one attached hydrogen (secondary N) is 1. The first-order valence-electron chi connectivity index (χ1n) is 8.58. The first-order valence-corrected chi connectivity index (χ1v) is 8.58. The zero-order chi connectivity index (χ0) is 19.8. The number of hydrogen-bond acceptors (Lipinski definition) is 4. The largest absolute Gasteiger partial charge is 0.353 e. The highest BCUT2D eigenvalue weighted by atomic mass is 19.2. The summed E-state index contributed by atoms with van der Waals surface area (Å²) in [6.45, 7) is 0.531. The quantitative estimate of drug-likeness (QED) is 0.824. The van der Waals surface area contributed by atoms with Crippen molar-refractivity contribution in [2.75, 3.05) is 13.6 Å². The van der Waals surface area contributed by atoms with E-state index in [1.54, 1.807) is 4.90 Å². The van der Waals surface area contributed by atoms with Crippen molar-refractivity contribution in [1.29, 1.82) is 0 Å². The summed E-state index contributed by atoms with van der Waals surface area (Å²) < 4.78 is 40.8. The maximum Gasteiger partial charge on any atom is 0.353 e. The van der Waals surface area contributed by atoms with E-state index < -0.39 is 29.5 Å². The van der Waals surface area contributed by atoms with Gasteiger partial charge in [-0.15, -0.1) is 0 Å². The van der Waals surface area contributed by atoms with Gasteiger partial charge in [0.25, 0.3) is 0 Å². The molecule has 0 aromatic heterocycles. The summed E-state index contributed by atoms with van der Waals surface area (Å²) in [6.07, 6.45) is 0. The highest BCUT2D eigenvalue weighted by Crippen LogP contribution is 2.31. The Labute approximate surface area is 159 Å². The standard InChI is InChI=1S/C19H16F3N5O/c1-26-18-24-10-15(12-7-13(20)16(22)14(21)8-12)27(18)17(25-19(26)28)23-9-11-5-3-2-4-6-11/h2-8,15H,9-10H2,1H3,(H,23,25,28). The number of carbonyl (C=O) groups is 1. The van der Waals surface area contributed by atoms with Crippen LogP contribution in [0, 0.1) is 17.5 Å². The number of guanidine groups is 2. The predicted molar refractivity (Wildman–Crippen MR) is 97.1 cm³/mol. The maximum atomic E-state index is 13.7. The number of hydrogen-bond donors (Lipinski definition) is 1. The van der Waals surface area contributed by atoms with E-state index in [0.29, 0.717) is 12.5 Å². The van der Waals surface area contributed by atoms with Crippen LogP contribution in [0.2, 0.25) is 0 Å². The summed E-state index contributed by atoms with van der Waals surface area (Å²) in [7, 11) is 1.51. The smallest absolute Gasteiger partial charge is 0.351 e. The van der Waals surface area contributed by atoms with Gasteiger partial charge in [-0.3, -0.25) is 9.80 Å². The molecule has 2 aliphatic rings. The third kappa shape index (κ3) is 3.08. The fourth-order valence-electron chi connectivity index (χ4n) is 3.20. The van der Waals surface area contributed by atoms with Crippen LogP contribution in [0.5, 0.6) is 0 Å². The fourth-order valence-corrected chi connectivity index (χ4v) is 3.20. The normalized spacial score (nSPS) is 18.7. The molecule has 0 saturated heterocycles. The number of urea groups is 1. The minimum atomic E-state index is -1.52. The van der Waals surface area contributed by atoms with Gasteiger partial charge in [0, 0.05) is 13.6 Å². The van der Waals surface area contributed by atoms with E-state index in [-0.39, 0.29) is 18.1 Å². The topological polar surface area (TPSA) is 60.3 Å². The van der Waals surface area contributed by atoms with Crippen LogP contribution in [0.15, 0.2) is 52.4 Å². The second-order valence-corrected chi connectivity index (χ2v) is 6.44. The molecule has 0 saturated carbocycles. The van der Waals surface area contributed by atoms with Crippen molar-refractivity contribution in [2.45, 2.75) is 12.6 Å². The van der Waals surface area contributed by atoms with Crippen molar-refractivity contribution in [3.63, 3.8) is 0 Å². The van der Waals surface area contributed by atoms with E-state index in [2.05, 4.69) is 15.3 Å². The summed E-state index contributed by atoms with van der Waals surface area (Å²) in [4.78, 5) is 23.4. The Bertz CT molecular complexity index is 969. The van der Waals surface area contributed by atoms with Crippen molar-refractivity contribution in [3.05, 3.63) is 71.0 Å². The van der Waals surface area contributed by atoms with E-state index in [9.17, 15) is 18.0 Å². The molecule has 0 spiro atoms. The molecular formula is C19H16F3N5O. The van der Waals surface area contributed by atoms with Gasteiger partial charge in [-0.1, -0.05) is 30.3 Å². The van der Waals surface area contributed by atoms with E-state index >= 15 is 0 Å². The maximum absolute atomic E-state index is 13.7. The van der Waals surface area contributed by atoms with Crippen LogP contribution in [0.3, 0.4) is 0 Å². The van der Waals surface area contributed by atoms with Crippen molar-refractivity contribution >= 4 is 18.0 Å². The molecule has 144 valence electrons. The predicted octanol–water partition coefficient (Wildman–Crippen LogP) is 3.03. The molecule has 4 rings (SSSR count). The zero-order valence-electron chi connectivity index (χ0n) is 14.9. The van der Waals surface area contributed by atoms with Crippen molar-refractivity contribution in [2.24, 2.45) is 9.98 Å². The molecule has 2 aliphatic heterocycles. The molecule has 2 aromatic carbocycles. The van der Waals surface area contributed by atoms with E-state index in [0.717, 1.165) is 17.7 Å². The Morgan fingerprint density at radius 2 is 1.82 bits per heavy atom. The van der Waals surface area contributed by atoms with Crippen LogP contribution >= 0.6 is 0 Å². The third-order valence-electron chi connectivity index (χ3n) is 4.63. The minimum absolute atomic E-state index is 0.142. The van der Waals surface area contributed by atoms with Crippen molar-refractivity contribution < 1.29 is 18.0 Å². The Morgan fingerprint density at radius 1 is 1.14 bits per heavy atom. The van der Waals surface area contributed by atoms with Gasteiger partial charge >= 0.3 is 6.03 Å². The molecule has 2 amide bonds. The lowest BCUT2D eigenvalue weighted by Gasteiger charge is -2.35. The zero-order valence-corrected chi connectivity index (χ0v) is 14.9. The van der Waals surface area contributed by atoms with Crippen molar-refractivity contribution in [3.8, 4) is 0 Å². The molecule has 0 bridgehead atoms. The first-order chi connectivity index (χ1) is 13.5. The molecule has 0 fully saturated rings. The molecule has 2 heterocycles. The Kier molecular flexibility index (Phi) is 4.50. The van der Waals surface area contributed by atoms with Gasteiger partial charge in [-0.2, -0.15) is 4.99 Å². The lowest BCUT2D eigenvalue weighted by molar-refractivity contribution is 0.229. The van der Waals surface area contributed by atoms with Crippen LogP contribution in [-0.2, 0) is 6.54 Å². The molecule has 0 radical (unpaired) electrons. The summed E-state index contributed by atoms with van der Waals surface area (Å²) in [5, 5.41) is 3.09. The molecule has 28 heavy (non-hydrogen) atoms. The molecule has 1 unspecified atom stereocenters. The van der Waals surface area contributed by atoms with Crippen LogP contribution < -0.4 is 5.32 Å². The Hall–Kier alpha value is -3.36. The second kappa shape index (κ2) is 6.99. The van der Waals surface area contributed by atoms with Crippen LogP contribution in [0.1, 0.15) is 17.2 Å². The summed E-state index contributed by atoms with van der Waals surface area (Å²) in [5.41, 5.74) is 1.16. The lowest BCUT2D eigenvalue weighted by atomic mass is 10.1. The van der Waals surface area contributed by atoms with Gasteiger partial charge < -0.3 is 5.32 Å². The highest BCUT2D eigenvalue weighted by molar-refractivity contribution is 6.13. The second-order valence-electron chi connectivity index (χ2n) is 6.44. The number of halogens is 3. The molecule has 6 nitrogen and oxygen atoms in total. The number of nitrogens with zero attached hydrogens (tertiary/aromatic N) is 4. The van der Waals surface area contributed by atoms with Gasteiger partial charge in [0.15, 0.2) is 17.5 Å². The summed E-state index contributed by atoms with van der Waals surface area (Å²) in [5.74, 6) is -3.55. The number of amides is 2. The number of aliphatic imine (C=N–C) groups is 2. The monoisotopic (exact) mass is 387 g/mol. The van der Waals surface area contributed by atoms with Crippen LogP contribution in [0.25, 0.3) is 0 Å². The Balaban J connectivity index is 1.66. The van der Waals surface area contributed by atoms with Gasteiger partial charge in [-0.25, -0.2) is 23.0 Å². The third-order valence-corrected chi connectivity index (χ3v) is 4.63. The summed E-state index contributed by atoms with van der Waals surface area (Å²) in [6, 6.07) is 10.2. The molecular weight excluding hydrogens is 371 g/mol. The Morgan fingerprint density at radius 3 is 2.50 bits per heavy atom. The number of fused-ring (bicyclic) bond motifs is 1. The van der Waals surface area contributed by atoms with Crippen molar-refractivity contribution in [1.82, 2.24) is 15.1 Å².